The molecule has 1 aromatic heterocycles. The Kier molecular flexibility index (Phi) is 3.53. The number of hydrogen-bond donors (Lipinski definition) is 2. The van der Waals surface area contributed by atoms with E-state index in [1.165, 1.54) is 12.8 Å². The Bertz CT molecular complexity index is 376. The Balaban J connectivity index is 2.14. The van der Waals surface area contributed by atoms with E-state index in [0.717, 1.165) is 29.5 Å². The number of aromatic nitrogens is 2. The average Bonchev–Trinajstić information content (AvgIpc) is 3.08. The van der Waals surface area contributed by atoms with Gasteiger partial charge in [0.25, 0.3) is 0 Å². The Morgan fingerprint density at radius 3 is 2.81 bits per heavy atom. The van der Waals surface area contributed by atoms with Gasteiger partial charge in [0.2, 0.25) is 0 Å². The highest BCUT2D eigenvalue weighted by atomic mass is 32.2. The molecule has 1 saturated carbocycles. The summed E-state index contributed by atoms with van der Waals surface area (Å²) in [5.74, 6) is 4.05. The highest BCUT2D eigenvalue weighted by Gasteiger charge is 2.27. The summed E-state index contributed by atoms with van der Waals surface area (Å²) >= 11 is 1.82. The number of nitrogen functional groups attached to an aromatic ring is 1. The van der Waals surface area contributed by atoms with E-state index in [9.17, 15) is 0 Å². The van der Waals surface area contributed by atoms with E-state index in [1.807, 2.05) is 18.7 Å². The molecule has 1 aliphatic rings. The molecule has 1 heterocycles. The molecule has 0 atom stereocenters. The summed E-state index contributed by atoms with van der Waals surface area (Å²) in [6.07, 6.45) is 4.50. The van der Waals surface area contributed by atoms with E-state index < -0.39 is 0 Å². The van der Waals surface area contributed by atoms with Gasteiger partial charge in [-0.2, -0.15) is 11.8 Å². The third-order valence-corrected chi connectivity index (χ3v) is 3.35. The molecular formula is C11H18N4S. The fourth-order valence-electron chi connectivity index (χ4n) is 1.52. The van der Waals surface area contributed by atoms with E-state index in [4.69, 9.17) is 5.73 Å². The lowest BCUT2D eigenvalue weighted by Crippen LogP contribution is -2.11. The summed E-state index contributed by atoms with van der Waals surface area (Å²) in [5, 5.41) is 3.33. The van der Waals surface area contributed by atoms with Crippen LogP contribution in [-0.4, -0.2) is 28.5 Å². The molecule has 5 heteroatoms. The molecule has 0 aliphatic heterocycles. The van der Waals surface area contributed by atoms with Gasteiger partial charge < -0.3 is 11.1 Å². The van der Waals surface area contributed by atoms with Crippen LogP contribution in [0.5, 0.6) is 0 Å². The maximum absolute atomic E-state index is 5.89. The third kappa shape index (κ3) is 2.58. The van der Waals surface area contributed by atoms with Crippen LogP contribution in [-0.2, 0) is 0 Å². The normalized spacial score (nSPS) is 15.1. The molecule has 16 heavy (non-hydrogen) atoms. The van der Waals surface area contributed by atoms with Crippen LogP contribution in [0, 0.1) is 6.92 Å². The minimum Gasteiger partial charge on any atom is -0.383 e. The van der Waals surface area contributed by atoms with Crippen LogP contribution in [0.15, 0.2) is 0 Å². The van der Waals surface area contributed by atoms with Crippen LogP contribution in [0.4, 0.5) is 11.6 Å². The summed E-state index contributed by atoms with van der Waals surface area (Å²) in [7, 11) is 0. The molecule has 0 radical (unpaired) electrons. The van der Waals surface area contributed by atoms with E-state index >= 15 is 0 Å². The van der Waals surface area contributed by atoms with E-state index in [-0.39, 0.29) is 0 Å². The number of nitrogens with two attached hydrogens (primary N) is 1. The second kappa shape index (κ2) is 4.91. The second-order valence-corrected chi connectivity index (χ2v) is 5.12. The van der Waals surface area contributed by atoms with Gasteiger partial charge in [0.15, 0.2) is 0 Å². The minimum atomic E-state index is 0.545. The first-order valence-corrected chi connectivity index (χ1v) is 6.98. The first-order chi connectivity index (χ1) is 7.72. The second-order valence-electron chi connectivity index (χ2n) is 4.13. The Labute approximate surface area is 100 Å². The molecular weight excluding hydrogens is 220 g/mol. The Morgan fingerprint density at radius 2 is 2.19 bits per heavy atom. The largest absolute Gasteiger partial charge is 0.383 e. The lowest BCUT2D eigenvalue weighted by atomic mass is 10.3. The zero-order valence-corrected chi connectivity index (χ0v) is 10.6. The highest BCUT2D eigenvalue weighted by molar-refractivity contribution is 7.98. The van der Waals surface area contributed by atoms with Crippen molar-refractivity contribution in [2.75, 3.05) is 29.6 Å². The summed E-state index contributed by atoms with van der Waals surface area (Å²) in [6.45, 7) is 2.88. The average molecular weight is 238 g/mol. The molecule has 3 N–H and O–H groups in total. The van der Waals surface area contributed by atoms with Crippen molar-refractivity contribution in [2.24, 2.45) is 0 Å². The van der Waals surface area contributed by atoms with Crippen molar-refractivity contribution in [3.8, 4) is 0 Å². The summed E-state index contributed by atoms with van der Waals surface area (Å²) in [4.78, 5) is 8.90. The molecule has 88 valence electrons. The van der Waals surface area contributed by atoms with Gasteiger partial charge in [-0.05, 0) is 26.0 Å². The first kappa shape index (κ1) is 11.5. The zero-order chi connectivity index (χ0) is 11.5. The minimum absolute atomic E-state index is 0.545. The molecule has 1 fully saturated rings. The molecule has 0 spiro atoms. The predicted octanol–water partition coefficient (Wildman–Crippen LogP) is 2.02. The smallest absolute Gasteiger partial charge is 0.136 e. The molecule has 0 unspecified atom stereocenters. The van der Waals surface area contributed by atoms with Gasteiger partial charge in [-0.25, -0.2) is 9.97 Å². The van der Waals surface area contributed by atoms with Gasteiger partial charge in [0.1, 0.15) is 17.5 Å². The number of anilines is 2. The van der Waals surface area contributed by atoms with Crippen LogP contribution < -0.4 is 11.1 Å². The molecule has 2 rings (SSSR count). The topological polar surface area (TPSA) is 63.8 Å². The fraction of sp³-hybridized carbons (Fsp3) is 0.636. The maximum Gasteiger partial charge on any atom is 0.136 e. The number of rotatable bonds is 5. The Morgan fingerprint density at radius 1 is 1.44 bits per heavy atom. The van der Waals surface area contributed by atoms with Gasteiger partial charge in [-0.3, -0.25) is 0 Å². The molecule has 0 saturated heterocycles. The van der Waals surface area contributed by atoms with Crippen LogP contribution in [0.2, 0.25) is 0 Å². The highest BCUT2D eigenvalue weighted by Crippen LogP contribution is 2.39. The lowest BCUT2D eigenvalue weighted by Gasteiger charge is -2.11. The lowest BCUT2D eigenvalue weighted by molar-refractivity contribution is 0.921. The van der Waals surface area contributed by atoms with Gasteiger partial charge >= 0.3 is 0 Å². The molecule has 0 amide bonds. The quantitative estimate of drug-likeness (QED) is 0.768. The molecule has 1 aromatic rings. The molecule has 0 bridgehead atoms. The SMILES string of the molecule is CSCCNc1nc(C2CC2)nc(N)c1C. The fourth-order valence-corrected chi connectivity index (χ4v) is 1.83. The number of thioether (sulfide) groups is 1. The van der Waals surface area contributed by atoms with Gasteiger partial charge in [-0.15, -0.1) is 0 Å². The number of nitrogens with one attached hydrogen (secondary N) is 1. The van der Waals surface area contributed by atoms with Crippen molar-refractivity contribution in [2.45, 2.75) is 25.7 Å². The summed E-state index contributed by atoms with van der Waals surface area (Å²) in [6, 6.07) is 0. The van der Waals surface area contributed by atoms with Gasteiger partial charge in [0, 0.05) is 23.8 Å². The van der Waals surface area contributed by atoms with Crippen molar-refractivity contribution in [3.63, 3.8) is 0 Å². The third-order valence-electron chi connectivity index (χ3n) is 2.74. The summed E-state index contributed by atoms with van der Waals surface area (Å²) < 4.78 is 0. The maximum atomic E-state index is 5.89. The van der Waals surface area contributed by atoms with Crippen molar-refractivity contribution in [1.29, 1.82) is 0 Å². The Hall–Kier alpha value is -0.970. The predicted molar refractivity (Wildman–Crippen MR) is 70.0 cm³/mol. The van der Waals surface area contributed by atoms with Crippen molar-refractivity contribution in [3.05, 3.63) is 11.4 Å². The van der Waals surface area contributed by atoms with Crippen LogP contribution in [0.25, 0.3) is 0 Å². The van der Waals surface area contributed by atoms with E-state index in [2.05, 4.69) is 21.5 Å². The van der Waals surface area contributed by atoms with Crippen LogP contribution in [0.3, 0.4) is 0 Å². The van der Waals surface area contributed by atoms with Crippen LogP contribution in [0.1, 0.15) is 30.1 Å². The standard InChI is InChI=1S/C11H18N4S/c1-7-9(12)14-11(8-3-4-8)15-10(7)13-5-6-16-2/h8H,3-6H2,1-2H3,(H3,12,13,14,15). The summed E-state index contributed by atoms with van der Waals surface area (Å²) in [5.41, 5.74) is 6.86. The van der Waals surface area contributed by atoms with E-state index in [0.29, 0.717) is 11.7 Å². The monoisotopic (exact) mass is 238 g/mol. The van der Waals surface area contributed by atoms with Crippen molar-refractivity contribution >= 4 is 23.4 Å². The van der Waals surface area contributed by atoms with E-state index in [1.54, 1.807) is 0 Å². The first-order valence-electron chi connectivity index (χ1n) is 5.59. The number of hydrogen-bond acceptors (Lipinski definition) is 5. The number of nitrogens with zero attached hydrogens (tertiary/aromatic N) is 2. The molecule has 1 aliphatic carbocycles. The molecule has 4 nitrogen and oxygen atoms in total. The van der Waals surface area contributed by atoms with Crippen LogP contribution >= 0.6 is 11.8 Å². The van der Waals surface area contributed by atoms with Gasteiger partial charge in [0.05, 0.1) is 0 Å². The molecule has 0 aromatic carbocycles. The van der Waals surface area contributed by atoms with Crippen molar-refractivity contribution in [1.82, 2.24) is 9.97 Å². The zero-order valence-electron chi connectivity index (χ0n) is 9.79. The van der Waals surface area contributed by atoms with Gasteiger partial charge in [-0.1, -0.05) is 0 Å². The van der Waals surface area contributed by atoms with Crippen molar-refractivity contribution < 1.29 is 0 Å².